The Morgan fingerprint density at radius 3 is 2.34 bits per heavy atom. The second kappa shape index (κ2) is 8.68. The van der Waals surface area contributed by atoms with Crippen LogP contribution in [-0.4, -0.2) is 42.9 Å². The van der Waals surface area contributed by atoms with Crippen LogP contribution in [0.5, 0.6) is 0 Å². The average molecular weight is 426 g/mol. The zero-order valence-corrected chi connectivity index (χ0v) is 17.2. The van der Waals surface area contributed by atoms with E-state index in [1.807, 2.05) is 46.7 Å². The number of nitrogens with zero attached hydrogens (tertiary/aromatic N) is 2. The molecule has 1 aliphatic rings. The molecule has 148 valence electrons. The number of nitrogens with one attached hydrogen (secondary N) is 1. The topological polar surface area (TPSA) is 52.7 Å². The minimum absolute atomic E-state index is 0.110. The van der Waals surface area contributed by atoms with Gasteiger partial charge >= 0.3 is 0 Å². The number of hydrogen-bond donors (Lipinski definition) is 1. The maximum absolute atomic E-state index is 12.5. The number of benzene rings is 2. The van der Waals surface area contributed by atoms with E-state index in [9.17, 15) is 9.59 Å². The van der Waals surface area contributed by atoms with Crippen LogP contribution in [0.2, 0.25) is 5.02 Å². The Bertz CT molecular complexity index is 997. The van der Waals surface area contributed by atoms with Crippen molar-refractivity contribution in [3.05, 3.63) is 81.5 Å². The summed E-state index contributed by atoms with van der Waals surface area (Å²) in [5.41, 5.74) is 2.33. The van der Waals surface area contributed by atoms with E-state index in [1.165, 1.54) is 11.3 Å². The molecule has 0 saturated carbocycles. The summed E-state index contributed by atoms with van der Waals surface area (Å²) in [6.45, 7) is 2.96. The highest BCUT2D eigenvalue weighted by Crippen LogP contribution is 2.21. The number of piperazine rings is 1. The Morgan fingerprint density at radius 1 is 0.931 bits per heavy atom. The highest BCUT2D eigenvalue weighted by atomic mass is 35.5. The zero-order chi connectivity index (χ0) is 20.2. The van der Waals surface area contributed by atoms with Gasteiger partial charge in [0.25, 0.3) is 11.8 Å². The molecule has 0 aliphatic carbocycles. The summed E-state index contributed by atoms with van der Waals surface area (Å²) >= 11 is 7.43. The molecule has 1 fully saturated rings. The van der Waals surface area contributed by atoms with Crippen LogP contribution < -0.4 is 10.2 Å². The Morgan fingerprint density at radius 2 is 1.69 bits per heavy atom. The summed E-state index contributed by atoms with van der Waals surface area (Å²) < 4.78 is 0. The van der Waals surface area contributed by atoms with Gasteiger partial charge in [-0.1, -0.05) is 23.7 Å². The fraction of sp³-hybridized carbons (Fsp3) is 0.182. The normalized spacial score (nSPS) is 14.0. The van der Waals surface area contributed by atoms with Gasteiger partial charge in [-0.3, -0.25) is 9.59 Å². The van der Waals surface area contributed by atoms with Gasteiger partial charge in [-0.05, 0) is 53.9 Å². The molecular weight excluding hydrogens is 406 g/mol. The van der Waals surface area contributed by atoms with Crippen molar-refractivity contribution in [3.8, 4) is 0 Å². The van der Waals surface area contributed by atoms with Gasteiger partial charge in [-0.15, -0.1) is 11.3 Å². The number of anilines is 2. The molecule has 0 spiro atoms. The lowest BCUT2D eigenvalue weighted by atomic mass is 10.2. The van der Waals surface area contributed by atoms with Gasteiger partial charge in [-0.25, -0.2) is 0 Å². The summed E-state index contributed by atoms with van der Waals surface area (Å²) in [5.74, 6) is -0.0836. The molecule has 2 aromatic carbocycles. The van der Waals surface area contributed by atoms with Gasteiger partial charge in [0.1, 0.15) is 0 Å². The highest BCUT2D eigenvalue weighted by molar-refractivity contribution is 7.12. The van der Waals surface area contributed by atoms with Gasteiger partial charge in [0.2, 0.25) is 0 Å². The standard InChI is InChI=1S/C22H20ClN3O2S/c23-17-4-1-3-16(15-17)21(27)24-18-6-8-19(9-7-18)25-10-12-26(13-11-25)22(28)20-5-2-14-29-20/h1-9,14-15H,10-13H2,(H,24,27). The van der Waals surface area contributed by atoms with Crippen LogP contribution in [0.4, 0.5) is 11.4 Å². The van der Waals surface area contributed by atoms with Crippen LogP contribution in [0.1, 0.15) is 20.0 Å². The molecule has 3 aromatic rings. The first-order valence-corrected chi connectivity index (χ1v) is 10.6. The molecule has 29 heavy (non-hydrogen) atoms. The fourth-order valence-corrected chi connectivity index (χ4v) is 4.19. The molecule has 1 N–H and O–H groups in total. The van der Waals surface area contributed by atoms with Crippen molar-refractivity contribution < 1.29 is 9.59 Å². The van der Waals surface area contributed by atoms with Crippen LogP contribution in [0.25, 0.3) is 0 Å². The van der Waals surface area contributed by atoms with Gasteiger partial charge in [0.15, 0.2) is 0 Å². The van der Waals surface area contributed by atoms with E-state index in [1.54, 1.807) is 24.3 Å². The lowest BCUT2D eigenvalue weighted by molar-refractivity contribution is 0.0751. The van der Waals surface area contributed by atoms with Gasteiger partial charge in [-0.2, -0.15) is 0 Å². The smallest absolute Gasteiger partial charge is 0.264 e. The Kier molecular flexibility index (Phi) is 5.83. The van der Waals surface area contributed by atoms with Gasteiger partial charge in [0, 0.05) is 48.1 Å². The third kappa shape index (κ3) is 4.60. The summed E-state index contributed by atoms with van der Waals surface area (Å²) in [5, 5.41) is 5.34. The third-order valence-electron chi connectivity index (χ3n) is 4.88. The van der Waals surface area contributed by atoms with Crippen LogP contribution in [0.3, 0.4) is 0 Å². The van der Waals surface area contributed by atoms with E-state index in [4.69, 9.17) is 11.6 Å². The van der Waals surface area contributed by atoms with Crippen LogP contribution in [0, 0.1) is 0 Å². The van der Waals surface area contributed by atoms with Gasteiger partial charge in [0.05, 0.1) is 4.88 Å². The monoisotopic (exact) mass is 425 g/mol. The molecule has 5 nitrogen and oxygen atoms in total. The van der Waals surface area contributed by atoms with E-state index in [-0.39, 0.29) is 11.8 Å². The summed E-state index contributed by atoms with van der Waals surface area (Å²) in [6, 6.07) is 18.4. The molecule has 0 unspecified atom stereocenters. The minimum atomic E-state index is -0.194. The average Bonchev–Trinajstić information content (AvgIpc) is 3.29. The Balaban J connectivity index is 1.34. The number of carbonyl (C=O) groups is 2. The number of halogens is 1. The maximum atomic E-state index is 12.5. The molecule has 0 atom stereocenters. The summed E-state index contributed by atoms with van der Waals surface area (Å²) in [4.78, 5) is 29.7. The number of rotatable bonds is 4. The van der Waals surface area contributed by atoms with Crippen LogP contribution in [0.15, 0.2) is 66.0 Å². The molecule has 0 radical (unpaired) electrons. The largest absolute Gasteiger partial charge is 0.368 e. The maximum Gasteiger partial charge on any atom is 0.264 e. The van der Waals surface area contributed by atoms with Crippen molar-refractivity contribution >= 4 is 46.1 Å². The first kappa shape index (κ1) is 19.5. The second-order valence-corrected chi connectivity index (χ2v) is 8.15. The molecule has 1 aliphatic heterocycles. The summed E-state index contributed by atoms with van der Waals surface area (Å²) in [7, 11) is 0. The highest BCUT2D eigenvalue weighted by Gasteiger charge is 2.22. The first-order valence-electron chi connectivity index (χ1n) is 9.35. The minimum Gasteiger partial charge on any atom is -0.368 e. The molecular formula is C22H20ClN3O2S. The lowest BCUT2D eigenvalue weighted by Gasteiger charge is -2.36. The molecule has 7 heteroatoms. The first-order chi connectivity index (χ1) is 14.1. The van der Waals surface area contributed by atoms with E-state index in [0.717, 1.165) is 29.3 Å². The van der Waals surface area contributed by atoms with Gasteiger partial charge < -0.3 is 15.1 Å². The molecule has 2 heterocycles. The van der Waals surface area contributed by atoms with Crippen molar-refractivity contribution in [2.75, 3.05) is 36.4 Å². The predicted octanol–water partition coefficient (Wildman–Crippen LogP) is 4.62. The van der Waals surface area contributed by atoms with E-state index >= 15 is 0 Å². The SMILES string of the molecule is O=C(Nc1ccc(N2CCN(C(=O)c3cccs3)CC2)cc1)c1cccc(Cl)c1. The van der Waals surface area contributed by atoms with Crippen molar-refractivity contribution in [1.29, 1.82) is 0 Å². The molecule has 2 amide bonds. The zero-order valence-electron chi connectivity index (χ0n) is 15.7. The number of hydrogen-bond acceptors (Lipinski definition) is 4. The lowest BCUT2D eigenvalue weighted by Crippen LogP contribution is -2.48. The van der Waals surface area contributed by atoms with E-state index in [0.29, 0.717) is 23.7 Å². The number of thiophene rings is 1. The number of carbonyl (C=O) groups excluding carboxylic acids is 2. The van der Waals surface area contributed by atoms with Crippen LogP contribution in [-0.2, 0) is 0 Å². The number of amides is 2. The molecule has 4 rings (SSSR count). The second-order valence-electron chi connectivity index (χ2n) is 6.77. The van der Waals surface area contributed by atoms with Crippen molar-refractivity contribution in [2.24, 2.45) is 0 Å². The van der Waals surface area contributed by atoms with E-state index < -0.39 is 0 Å². The van der Waals surface area contributed by atoms with Crippen molar-refractivity contribution in [2.45, 2.75) is 0 Å². The Labute approximate surface area is 178 Å². The van der Waals surface area contributed by atoms with Crippen molar-refractivity contribution in [3.63, 3.8) is 0 Å². The molecule has 1 saturated heterocycles. The van der Waals surface area contributed by atoms with E-state index in [2.05, 4.69) is 10.2 Å². The third-order valence-corrected chi connectivity index (χ3v) is 5.97. The fourth-order valence-electron chi connectivity index (χ4n) is 3.31. The molecule has 1 aromatic heterocycles. The molecule has 0 bridgehead atoms. The Hall–Kier alpha value is -2.83. The summed E-state index contributed by atoms with van der Waals surface area (Å²) in [6.07, 6.45) is 0. The predicted molar refractivity (Wildman–Crippen MR) is 118 cm³/mol. The van der Waals surface area contributed by atoms with Crippen LogP contribution >= 0.6 is 22.9 Å². The van der Waals surface area contributed by atoms with Crippen molar-refractivity contribution in [1.82, 2.24) is 4.90 Å². The quantitative estimate of drug-likeness (QED) is 0.663.